The number of terminal acetylenes is 1. The van der Waals surface area contributed by atoms with Crippen LogP contribution in [0.4, 0.5) is 0 Å². The zero-order valence-corrected chi connectivity index (χ0v) is 9.56. The third-order valence-electron chi connectivity index (χ3n) is 3.20. The van der Waals surface area contributed by atoms with Crippen LogP contribution in [0.2, 0.25) is 0 Å². The topological polar surface area (TPSA) is 30.7 Å². The van der Waals surface area contributed by atoms with Gasteiger partial charge in [0.1, 0.15) is 6.54 Å². The van der Waals surface area contributed by atoms with Crippen LogP contribution in [0.25, 0.3) is 11.3 Å². The van der Waals surface area contributed by atoms with Crippen LogP contribution in [0, 0.1) is 12.3 Å². The molecule has 0 unspecified atom stereocenters. The summed E-state index contributed by atoms with van der Waals surface area (Å²) >= 11 is 0. The first-order chi connectivity index (χ1) is 8.40. The number of aromatic nitrogens is 3. The van der Waals surface area contributed by atoms with Gasteiger partial charge in [-0.2, -0.15) is 5.10 Å². The Balaban J connectivity index is 2.13. The van der Waals surface area contributed by atoms with Crippen molar-refractivity contribution in [2.45, 2.75) is 25.8 Å². The van der Waals surface area contributed by atoms with Crippen LogP contribution >= 0.6 is 0 Å². The second kappa shape index (κ2) is 4.06. The molecule has 2 aromatic heterocycles. The van der Waals surface area contributed by atoms with E-state index in [4.69, 9.17) is 6.42 Å². The van der Waals surface area contributed by atoms with E-state index in [1.54, 1.807) is 12.4 Å². The quantitative estimate of drug-likeness (QED) is 0.730. The summed E-state index contributed by atoms with van der Waals surface area (Å²) in [5, 5.41) is 4.64. The molecular weight excluding hydrogens is 210 g/mol. The number of hydrogen-bond donors (Lipinski definition) is 0. The third-order valence-corrected chi connectivity index (χ3v) is 3.20. The van der Waals surface area contributed by atoms with Gasteiger partial charge in [0, 0.05) is 29.2 Å². The largest absolute Gasteiger partial charge is 0.265 e. The van der Waals surface area contributed by atoms with Crippen molar-refractivity contribution in [1.82, 2.24) is 14.8 Å². The summed E-state index contributed by atoms with van der Waals surface area (Å²) in [6, 6.07) is 4.00. The van der Waals surface area contributed by atoms with Crippen molar-refractivity contribution in [2.75, 3.05) is 0 Å². The second-order valence-electron chi connectivity index (χ2n) is 4.23. The van der Waals surface area contributed by atoms with Gasteiger partial charge in [-0.3, -0.25) is 9.67 Å². The average Bonchev–Trinajstić information content (AvgIpc) is 2.94. The first kappa shape index (κ1) is 10.1. The summed E-state index contributed by atoms with van der Waals surface area (Å²) < 4.78 is 1.97. The fraction of sp³-hybridized carbons (Fsp3) is 0.286. The number of pyridine rings is 1. The van der Waals surface area contributed by atoms with Crippen LogP contribution < -0.4 is 0 Å². The van der Waals surface area contributed by atoms with Crippen molar-refractivity contribution in [2.24, 2.45) is 0 Å². The Hall–Kier alpha value is -2.08. The molecule has 84 valence electrons. The normalized spacial score (nSPS) is 13.4. The molecule has 0 radical (unpaired) electrons. The van der Waals surface area contributed by atoms with Crippen LogP contribution in [-0.4, -0.2) is 14.8 Å². The highest BCUT2D eigenvalue weighted by Gasteiger charge is 2.22. The molecule has 0 saturated carbocycles. The van der Waals surface area contributed by atoms with Crippen LogP contribution in [0.3, 0.4) is 0 Å². The van der Waals surface area contributed by atoms with E-state index in [1.807, 2.05) is 16.8 Å². The van der Waals surface area contributed by atoms with Crippen molar-refractivity contribution in [3.63, 3.8) is 0 Å². The molecule has 3 nitrogen and oxygen atoms in total. The van der Waals surface area contributed by atoms with Gasteiger partial charge in [-0.1, -0.05) is 5.92 Å². The second-order valence-corrected chi connectivity index (χ2v) is 4.23. The first-order valence-electron chi connectivity index (χ1n) is 5.82. The van der Waals surface area contributed by atoms with E-state index in [0.717, 1.165) is 24.1 Å². The molecule has 1 aliphatic carbocycles. The lowest BCUT2D eigenvalue weighted by Gasteiger charge is -1.99. The molecule has 2 aromatic rings. The summed E-state index contributed by atoms with van der Waals surface area (Å²) in [5.41, 5.74) is 4.89. The fourth-order valence-electron chi connectivity index (χ4n) is 2.47. The van der Waals surface area contributed by atoms with E-state index in [1.165, 1.54) is 17.7 Å². The molecule has 17 heavy (non-hydrogen) atoms. The molecule has 0 aliphatic heterocycles. The lowest BCUT2D eigenvalue weighted by molar-refractivity contribution is 0.669. The summed E-state index contributed by atoms with van der Waals surface area (Å²) in [6.45, 7) is 0.563. The molecule has 0 N–H and O–H groups in total. The van der Waals surface area contributed by atoms with Gasteiger partial charge in [0.15, 0.2) is 0 Å². The van der Waals surface area contributed by atoms with Crippen LogP contribution in [-0.2, 0) is 19.4 Å². The Labute approximate surface area is 100 Å². The maximum atomic E-state index is 5.38. The molecular formula is C14H13N3. The molecule has 0 amide bonds. The number of hydrogen-bond acceptors (Lipinski definition) is 2. The number of rotatable bonds is 2. The van der Waals surface area contributed by atoms with E-state index in [2.05, 4.69) is 16.0 Å². The number of fused-ring (bicyclic) bond motifs is 1. The van der Waals surface area contributed by atoms with Crippen molar-refractivity contribution in [3.8, 4) is 23.6 Å². The Kier molecular flexibility index (Phi) is 2.41. The van der Waals surface area contributed by atoms with E-state index in [0.29, 0.717) is 6.54 Å². The number of nitrogens with zero attached hydrogens (tertiary/aromatic N) is 3. The highest BCUT2D eigenvalue weighted by molar-refractivity contribution is 5.64. The average molecular weight is 223 g/mol. The Morgan fingerprint density at radius 1 is 1.29 bits per heavy atom. The lowest BCUT2D eigenvalue weighted by Crippen LogP contribution is -2.02. The van der Waals surface area contributed by atoms with Crippen molar-refractivity contribution in [1.29, 1.82) is 0 Å². The zero-order chi connectivity index (χ0) is 11.7. The molecule has 0 fully saturated rings. The van der Waals surface area contributed by atoms with Gasteiger partial charge in [-0.15, -0.1) is 6.42 Å². The summed E-state index contributed by atoms with van der Waals surface area (Å²) in [4.78, 5) is 4.04. The summed E-state index contributed by atoms with van der Waals surface area (Å²) in [5.74, 6) is 2.67. The summed E-state index contributed by atoms with van der Waals surface area (Å²) in [6.07, 6.45) is 12.4. The maximum absolute atomic E-state index is 5.38. The van der Waals surface area contributed by atoms with Crippen molar-refractivity contribution < 1.29 is 0 Å². The van der Waals surface area contributed by atoms with Crippen LogP contribution in [0.5, 0.6) is 0 Å². The predicted molar refractivity (Wildman–Crippen MR) is 66.3 cm³/mol. The van der Waals surface area contributed by atoms with Gasteiger partial charge in [-0.25, -0.2) is 0 Å². The fourth-order valence-corrected chi connectivity index (χ4v) is 2.47. The Bertz CT molecular complexity index is 576. The third kappa shape index (κ3) is 1.62. The van der Waals surface area contributed by atoms with Crippen LogP contribution in [0.1, 0.15) is 17.7 Å². The van der Waals surface area contributed by atoms with Gasteiger partial charge in [0.05, 0.1) is 5.69 Å². The summed E-state index contributed by atoms with van der Waals surface area (Å²) in [7, 11) is 0. The smallest absolute Gasteiger partial charge is 0.102 e. The lowest BCUT2D eigenvalue weighted by atomic mass is 10.1. The van der Waals surface area contributed by atoms with E-state index >= 15 is 0 Å². The molecule has 2 heterocycles. The van der Waals surface area contributed by atoms with E-state index in [-0.39, 0.29) is 0 Å². The maximum Gasteiger partial charge on any atom is 0.102 e. The zero-order valence-electron chi connectivity index (χ0n) is 9.56. The SMILES string of the molecule is C#CCn1nc(-c2ccncc2)c2c1CCC2. The molecule has 0 saturated heterocycles. The predicted octanol–water partition coefficient (Wildman–Crippen LogP) is 2.07. The van der Waals surface area contributed by atoms with Gasteiger partial charge < -0.3 is 0 Å². The highest BCUT2D eigenvalue weighted by Crippen LogP contribution is 2.31. The molecule has 0 spiro atoms. The van der Waals surface area contributed by atoms with Crippen molar-refractivity contribution in [3.05, 3.63) is 35.8 Å². The monoisotopic (exact) mass is 223 g/mol. The molecule has 0 atom stereocenters. The first-order valence-corrected chi connectivity index (χ1v) is 5.82. The van der Waals surface area contributed by atoms with Gasteiger partial charge in [0.2, 0.25) is 0 Å². The Morgan fingerprint density at radius 3 is 2.88 bits per heavy atom. The standard InChI is InChI=1S/C14H13N3/c1-2-10-17-13-5-3-4-12(13)14(16-17)11-6-8-15-9-7-11/h1,6-9H,3-5,10H2. The minimum absolute atomic E-state index is 0.563. The molecule has 0 aromatic carbocycles. The van der Waals surface area contributed by atoms with Gasteiger partial charge in [0.25, 0.3) is 0 Å². The minimum atomic E-state index is 0.563. The van der Waals surface area contributed by atoms with E-state index < -0.39 is 0 Å². The molecule has 3 heteroatoms. The van der Waals surface area contributed by atoms with Crippen molar-refractivity contribution >= 4 is 0 Å². The van der Waals surface area contributed by atoms with Gasteiger partial charge >= 0.3 is 0 Å². The molecule has 3 rings (SSSR count). The van der Waals surface area contributed by atoms with Crippen LogP contribution in [0.15, 0.2) is 24.5 Å². The minimum Gasteiger partial charge on any atom is -0.265 e. The molecule has 1 aliphatic rings. The van der Waals surface area contributed by atoms with E-state index in [9.17, 15) is 0 Å². The molecule has 0 bridgehead atoms. The van der Waals surface area contributed by atoms with Gasteiger partial charge in [-0.05, 0) is 31.4 Å². The Morgan fingerprint density at radius 2 is 2.12 bits per heavy atom. The highest BCUT2D eigenvalue weighted by atomic mass is 15.3.